The number of aromatic nitrogens is 2. The molecule has 8 nitrogen and oxygen atoms in total. The van der Waals surface area contributed by atoms with Crippen molar-refractivity contribution in [2.24, 2.45) is 15.7 Å². The maximum atomic E-state index is 10.5. The number of anilines is 1. The zero-order valence-electron chi connectivity index (χ0n) is 16.0. The molecule has 0 atom stereocenters. The molecule has 0 radical (unpaired) electrons. The van der Waals surface area contributed by atoms with Gasteiger partial charge < -0.3 is 26.3 Å². The van der Waals surface area contributed by atoms with Crippen LogP contribution in [0.4, 0.5) is 5.69 Å². The molecule has 3 aromatic rings. The van der Waals surface area contributed by atoms with Crippen LogP contribution in [0.25, 0.3) is 22.2 Å². The van der Waals surface area contributed by atoms with Crippen LogP contribution >= 0.6 is 0 Å². The first-order valence-electron chi connectivity index (χ1n) is 9.21. The summed E-state index contributed by atoms with van der Waals surface area (Å²) in [4.78, 5) is 16.3. The molecule has 8 heteroatoms. The number of H-pyrrole nitrogens is 1. The van der Waals surface area contributed by atoms with Crippen molar-refractivity contribution in [2.75, 3.05) is 18.9 Å². The average Bonchev–Trinajstić information content (AvgIpc) is 3.01. The van der Waals surface area contributed by atoms with Gasteiger partial charge in [-0.15, -0.1) is 0 Å². The highest BCUT2D eigenvalue weighted by Crippen LogP contribution is 2.32. The second kappa shape index (κ2) is 7.76. The number of aliphatic imine (C=N–C) groups is 2. The van der Waals surface area contributed by atoms with Crippen LogP contribution < -0.4 is 11.5 Å². The van der Waals surface area contributed by atoms with Crippen molar-refractivity contribution in [3.63, 3.8) is 0 Å². The molecule has 148 valence electrons. The summed E-state index contributed by atoms with van der Waals surface area (Å²) in [6.45, 7) is 3.03. The van der Waals surface area contributed by atoms with E-state index in [4.69, 9.17) is 16.2 Å². The van der Waals surface area contributed by atoms with E-state index in [1.54, 1.807) is 12.4 Å². The number of ether oxygens (including phenoxy) is 1. The van der Waals surface area contributed by atoms with Gasteiger partial charge in [0.1, 0.15) is 0 Å². The number of pyridine rings is 1. The number of hydrogen-bond acceptors (Lipinski definition) is 7. The summed E-state index contributed by atoms with van der Waals surface area (Å²) in [7, 11) is 0. The van der Waals surface area contributed by atoms with Crippen molar-refractivity contribution < 1.29 is 9.84 Å². The monoisotopic (exact) mass is 390 g/mol. The van der Waals surface area contributed by atoms with E-state index in [2.05, 4.69) is 20.0 Å². The summed E-state index contributed by atoms with van der Waals surface area (Å²) >= 11 is 0. The molecule has 1 aliphatic heterocycles. The molecule has 4 rings (SSSR count). The van der Waals surface area contributed by atoms with E-state index < -0.39 is 0 Å². The van der Waals surface area contributed by atoms with Gasteiger partial charge in [-0.05, 0) is 19.1 Å². The van der Waals surface area contributed by atoms with Crippen molar-refractivity contribution in [1.82, 2.24) is 9.97 Å². The number of nitrogen functional groups attached to an aromatic ring is 1. The number of nitrogens with zero attached hydrogens (tertiary/aromatic N) is 3. The Balaban J connectivity index is 1.74. The minimum Gasteiger partial charge on any atom is -0.494 e. The maximum absolute atomic E-state index is 10.5. The Bertz CT molecular complexity index is 1140. The standard InChI is InChI=1S/C21H22N6O2/c1-12(26-13(7-22)8-24-14-10-29-11-14)20-16-6-18(15-4-2-3-5-17(15)23)25-9-19(16)27-21(20)28/h2-9,14,27-28H,10-11,22-23H2,1H3/b13-7+,24-8?,26-12?. The van der Waals surface area contributed by atoms with E-state index >= 15 is 0 Å². The van der Waals surface area contributed by atoms with Gasteiger partial charge in [0.05, 0.1) is 53.6 Å². The van der Waals surface area contributed by atoms with E-state index in [1.807, 2.05) is 37.3 Å². The van der Waals surface area contributed by atoms with Crippen molar-refractivity contribution in [1.29, 1.82) is 0 Å². The quantitative estimate of drug-likeness (QED) is 0.392. The topological polar surface area (TPSA) is 135 Å². The Morgan fingerprint density at radius 1 is 1.34 bits per heavy atom. The normalized spacial score (nSPS) is 15.9. The van der Waals surface area contributed by atoms with Crippen LogP contribution in [0, 0.1) is 0 Å². The summed E-state index contributed by atoms with van der Waals surface area (Å²) in [6, 6.07) is 9.55. The van der Waals surface area contributed by atoms with Crippen LogP contribution in [-0.2, 0) is 4.74 Å². The lowest BCUT2D eigenvalue weighted by atomic mass is 10.0. The number of nitrogens with one attached hydrogen (secondary N) is 1. The van der Waals surface area contributed by atoms with Gasteiger partial charge in [0.15, 0.2) is 5.88 Å². The highest BCUT2D eigenvalue weighted by atomic mass is 16.5. The molecule has 0 unspecified atom stereocenters. The van der Waals surface area contributed by atoms with E-state index in [0.717, 1.165) is 10.9 Å². The van der Waals surface area contributed by atoms with Crippen LogP contribution in [0.2, 0.25) is 0 Å². The predicted molar refractivity (Wildman–Crippen MR) is 115 cm³/mol. The molecule has 2 aromatic heterocycles. The SMILES string of the molecule is CC(=N/C(C=NC1COC1)=C/N)c1c(O)[nH]c2cnc(-c3ccccc3N)cc12. The van der Waals surface area contributed by atoms with Crippen LogP contribution in [0.5, 0.6) is 5.88 Å². The minimum absolute atomic E-state index is 0.0157. The van der Waals surface area contributed by atoms with Crippen molar-refractivity contribution in [2.45, 2.75) is 13.0 Å². The number of aromatic amines is 1. The first-order valence-corrected chi connectivity index (χ1v) is 9.21. The number of aromatic hydroxyl groups is 1. The zero-order chi connectivity index (χ0) is 20.4. The molecule has 1 aliphatic rings. The lowest BCUT2D eigenvalue weighted by molar-refractivity contribution is 0.0135. The molecular weight excluding hydrogens is 368 g/mol. The van der Waals surface area contributed by atoms with E-state index in [9.17, 15) is 5.11 Å². The lowest BCUT2D eigenvalue weighted by Gasteiger charge is -2.21. The van der Waals surface area contributed by atoms with Crippen LogP contribution in [0.15, 0.2) is 58.4 Å². The molecule has 0 amide bonds. The molecular formula is C21H22N6O2. The third-order valence-corrected chi connectivity index (χ3v) is 4.77. The van der Waals surface area contributed by atoms with Crippen molar-refractivity contribution in [3.8, 4) is 17.1 Å². The predicted octanol–water partition coefficient (Wildman–Crippen LogP) is 2.60. The number of para-hydroxylation sites is 1. The van der Waals surface area contributed by atoms with E-state index in [0.29, 0.717) is 47.1 Å². The Morgan fingerprint density at radius 2 is 2.14 bits per heavy atom. The molecule has 3 heterocycles. The average molecular weight is 390 g/mol. The van der Waals surface area contributed by atoms with Crippen molar-refractivity contribution in [3.05, 3.63) is 54.0 Å². The van der Waals surface area contributed by atoms with Gasteiger partial charge in [-0.2, -0.15) is 0 Å². The molecule has 6 N–H and O–H groups in total. The number of rotatable bonds is 5. The number of benzene rings is 1. The minimum atomic E-state index is 0.0157. The Labute approximate surface area is 167 Å². The molecule has 0 saturated carbocycles. The maximum Gasteiger partial charge on any atom is 0.198 e. The van der Waals surface area contributed by atoms with Gasteiger partial charge in [-0.3, -0.25) is 9.98 Å². The van der Waals surface area contributed by atoms with E-state index in [1.165, 1.54) is 6.20 Å². The van der Waals surface area contributed by atoms with Crippen LogP contribution in [0.1, 0.15) is 12.5 Å². The van der Waals surface area contributed by atoms with Gasteiger partial charge in [0, 0.05) is 29.1 Å². The second-order valence-corrected chi connectivity index (χ2v) is 6.81. The summed E-state index contributed by atoms with van der Waals surface area (Å²) in [5, 5.41) is 11.3. The summed E-state index contributed by atoms with van der Waals surface area (Å²) in [5.41, 5.74) is 16.3. The highest BCUT2D eigenvalue weighted by molar-refractivity contribution is 6.13. The third kappa shape index (κ3) is 3.70. The number of fused-ring (bicyclic) bond motifs is 1. The Hall–Kier alpha value is -3.65. The third-order valence-electron chi connectivity index (χ3n) is 4.77. The molecule has 0 bridgehead atoms. The highest BCUT2D eigenvalue weighted by Gasteiger charge is 2.17. The Morgan fingerprint density at radius 3 is 2.83 bits per heavy atom. The first-order chi connectivity index (χ1) is 14.1. The Kier molecular flexibility index (Phi) is 5.01. The number of hydrogen-bond donors (Lipinski definition) is 4. The number of allylic oxidation sites excluding steroid dienone is 1. The molecule has 1 fully saturated rings. The van der Waals surface area contributed by atoms with E-state index in [-0.39, 0.29) is 11.9 Å². The molecule has 1 saturated heterocycles. The van der Waals surface area contributed by atoms with Gasteiger partial charge >= 0.3 is 0 Å². The summed E-state index contributed by atoms with van der Waals surface area (Å²) in [5.74, 6) is 0.0157. The smallest absolute Gasteiger partial charge is 0.198 e. The van der Waals surface area contributed by atoms with Gasteiger partial charge in [0.2, 0.25) is 0 Å². The van der Waals surface area contributed by atoms with Gasteiger partial charge in [-0.25, -0.2) is 4.99 Å². The fourth-order valence-electron chi connectivity index (χ4n) is 3.17. The fourth-order valence-corrected chi connectivity index (χ4v) is 3.17. The molecule has 1 aromatic carbocycles. The fraction of sp³-hybridized carbons (Fsp3) is 0.190. The lowest BCUT2D eigenvalue weighted by Crippen LogP contribution is -2.31. The second-order valence-electron chi connectivity index (χ2n) is 6.81. The van der Waals surface area contributed by atoms with Crippen LogP contribution in [-0.4, -0.2) is 46.3 Å². The van der Waals surface area contributed by atoms with Crippen LogP contribution in [0.3, 0.4) is 0 Å². The zero-order valence-corrected chi connectivity index (χ0v) is 16.0. The largest absolute Gasteiger partial charge is 0.494 e. The summed E-state index contributed by atoms with van der Waals surface area (Å²) in [6.07, 6.45) is 4.68. The summed E-state index contributed by atoms with van der Waals surface area (Å²) < 4.78 is 5.11. The van der Waals surface area contributed by atoms with Gasteiger partial charge in [-0.1, -0.05) is 18.2 Å². The first kappa shape index (κ1) is 18.7. The van der Waals surface area contributed by atoms with Gasteiger partial charge in [0.25, 0.3) is 0 Å². The molecule has 0 spiro atoms. The molecule has 0 aliphatic carbocycles. The number of nitrogens with two attached hydrogens (primary N) is 2. The molecule has 29 heavy (non-hydrogen) atoms. The van der Waals surface area contributed by atoms with Crippen molar-refractivity contribution >= 4 is 28.5 Å².